The van der Waals surface area contributed by atoms with E-state index in [9.17, 15) is 31.1 Å². The van der Waals surface area contributed by atoms with Crippen molar-refractivity contribution in [2.45, 2.75) is 62.8 Å². The molecule has 1 aromatic rings. The van der Waals surface area contributed by atoms with E-state index in [1.165, 1.54) is 12.1 Å². The predicted octanol–water partition coefficient (Wildman–Crippen LogP) is 5.02. The third-order valence-corrected chi connectivity index (χ3v) is 5.49. The normalized spacial score (nSPS) is 21.5. The number of rotatable bonds is 4. The molecule has 0 aliphatic heterocycles. The molecule has 0 radical (unpaired) electrons. The molecular weight excluding hydrogens is 360 g/mol. The number of halogens is 6. The number of hydrogen-bond donors (Lipinski definition) is 1. The molecule has 0 unspecified atom stereocenters. The van der Waals surface area contributed by atoms with Crippen LogP contribution in [0.2, 0.25) is 0 Å². The van der Waals surface area contributed by atoms with Gasteiger partial charge in [0, 0.05) is 5.54 Å². The summed E-state index contributed by atoms with van der Waals surface area (Å²) in [4.78, 5) is 12.5. The number of alkyl halides is 6. The van der Waals surface area contributed by atoms with Crippen molar-refractivity contribution < 1.29 is 31.1 Å². The van der Waals surface area contributed by atoms with Gasteiger partial charge < -0.3 is 5.32 Å². The lowest BCUT2D eigenvalue weighted by Gasteiger charge is -2.32. The lowest BCUT2D eigenvalue weighted by Crippen LogP contribution is -2.53. The zero-order chi connectivity index (χ0) is 19.2. The van der Waals surface area contributed by atoms with E-state index in [1.54, 1.807) is 0 Å². The molecule has 0 aromatic heterocycles. The molecule has 0 atom stereocenters. The molecule has 26 heavy (non-hydrogen) atoms. The molecule has 8 heteroatoms. The maximum absolute atomic E-state index is 13.5. The Bertz CT molecular complexity index is 666. The maximum Gasteiger partial charge on any atom is 0.416 e. The molecular formula is C18H19F6NO. The fourth-order valence-corrected chi connectivity index (χ4v) is 3.68. The summed E-state index contributed by atoms with van der Waals surface area (Å²) >= 11 is 0. The highest BCUT2D eigenvalue weighted by Crippen LogP contribution is 2.52. The zero-order valence-corrected chi connectivity index (χ0v) is 13.9. The molecule has 2 nitrogen and oxygen atoms in total. The number of carbonyl (C=O) groups excluding carboxylic acids is 1. The van der Waals surface area contributed by atoms with Crippen LogP contribution in [0.1, 0.15) is 49.7 Å². The van der Waals surface area contributed by atoms with Crippen molar-refractivity contribution in [3.8, 4) is 0 Å². The van der Waals surface area contributed by atoms with Gasteiger partial charge in [-0.2, -0.15) is 26.3 Å². The Morgan fingerprint density at radius 1 is 0.923 bits per heavy atom. The first kappa shape index (κ1) is 19.0. The highest BCUT2D eigenvalue weighted by atomic mass is 19.4. The predicted molar refractivity (Wildman–Crippen MR) is 82.2 cm³/mol. The van der Waals surface area contributed by atoms with Gasteiger partial charge >= 0.3 is 12.4 Å². The van der Waals surface area contributed by atoms with Gasteiger partial charge in [0.05, 0.1) is 5.56 Å². The minimum Gasteiger partial charge on any atom is -0.350 e. The summed E-state index contributed by atoms with van der Waals surface area (Å²) in [5.74, 6) is -0.994. The Balaban J connectivity index is 1.71. The maximum atomic E-state index is 13.5. The van der Waals surface area contributed by atoms with Crippen molar-refractivity contribution in [2.75, 3.05) is 0 Å². The van der Waals surface area contributed by atoms with Crippen LogP contribution < -0.4 is 5.32 Å². The molecule has 2 aliphatic rings. The van der Waals surface area contributed by atoms with E-state index in [-0.39, 0.29) is 19.3 Å². The van der Waals surface area contributed by atoms with Gasteiger partial charge in [-0.15, -0.1) is 0 Å². The van der Waals surface area contributed by atoms with Gasteiger partial charge in [0.2, 0.25) is 5.91 Å². The van der Waals surface area contributed by atoms with Crippen molar-refractivity contribution >= 4 is 5.91 Å². The van der Waals surface area contributed by atoms with Crippen LogP contribution in [-0.2, 0) is 17.4 Å². The fraction of sp³-hybridized carbons (Fsp3) is 0.611. The van der Waals surface area contributed by atoms with E-state index in [1.807, 2.05) is 0 Å². The number of nitrogens with one attached hydrogen (secondary N) is 1. The summed E-state index contributed by atoms with van der Waals surface area (Å²) in [5, 5.41) is 2.57. The van der Waals surface area contributed by atoms with E-state index < -0.39 is 34.8 Å². The Morgan fingerprint density at radius 2 is 1.46 bits per heavy atom. The third kappa shape index (κ3) is 3.55. The van der Waals surface area contributed by atoms with Gasteiger partial charge in [0.15, 0.2) is 0 Å². The highest BCUT2D eigenvalue weighted by molar-refractivity contribution is 5.85. The molecule has 2 fully saturated rings. The Morgan fingerprint density at radius 3 is 1.88 bits per heavy atom. The first-order chi connectivity index (χ1) is 12.0. The molecule has 0 saturated heterocycles. The summed E-state index contributed by atoms with van der Waals surface area (Å²) in [5.41, 5.74) is -3.33. The summed E-state index contributed by atoms with van der Waals surface area (Å²) in [6.07, 6.45) is -7.47. The monoisotopic (exact) mass is 379 g/mol. The molecule has 1 amide bonds. The van der Waals surface area contributed by atoms with Crippen molar-refractivity contribution in [2.24, 2.45) is 5.41 Å². The minimum atomic E-state index is -4.60. The molecule has 1 aromatic carbocycles. The lowest BCUT2D eigenvalue weighted by molar-refractivity contribution is -0.220. The van der Waals surface area contributed by atoms with Crippen LogP contribution in [0, 0.1) is 5.41 Å². The summed E-state index contributed by atoms with van der Waals surface area (Å²) < 4.78 is 78.2. The number of amides is 1. The van der Waals surface area contributed by atoms with Crippen LogP contribution in [0.5, 0.6) is 0 Å². The molecule has 2 saturated carbocycles. The molecule has 0 heterocycles. The first-order valence-electron chi connectivity index (χ1n) is 8.53. The molecule has 1 N–H and O–H groups in total. The van der Waals surface area contributed by atoms with Crippen molar-refractivity contribution in [1.82, 2.24) is 5.32 Å². The third-order valence-electron chi connectivity index (χ3n) is 5.49. The highest BCUT2D eigenvalue weighted by Gasteiger charge is 2.62. The number of carbonyl (C=O) groups is 1. The van der Waals surface area contributed by atoms with Crippen LogP contribution in [0.15, 0.2) is 24.3 Å². The van der Waals surface area contributed by atoms with E-state index >= 15 is 0 Å². The summed E-state index contributed by atoms with van der Waals surface area (Å²) in [6, 6.07) is 4.51. The van der Waals surface area contributed by atoms with Crippen LogP contribution in [-0.4, -0.2) is 17.6 Å². The second-order valence-electron chi connectivity index (χ2n) is 7.39. The second kappa shape index (κ2) is 6.16. The Kier molecular flexibility index (Phi) is 4.51. The Hall–Kier alpha value is -1.73. The number of hydrogen-bond acceptors (Lipinski definition) is 1. The smallest absolute Gasteiger partial charge is 0.350 e. The molecule has 0 spiro atoms. The molecule has 0 bridgehead atoms. The molecule has 2 aliphatic carbocycles. The molecule has 144 valence electrons. The number of benzene rings is 1. The van der Waals surface area contributed by atoms with E-state index in [2.05, 4.69) is 5.32 Å². The van der Waals surface area contributed by atoms with E-state index in [0.717, 1.165) is 12.1 Å². The van der Waals surface area contributed by atoms with Gasteiger partial charge in [-0.3, -0.25) is 4.79 Å². The first-order valence-corrected chi connectivity index (χ1v) is 8.53. The van der Waals surface area contributed by atoms with Gasteiger partial charge in [0.1, 0.15) is 5.41 Å². The van der Waals surface area contributed by atoms with Crippen molar-refractivity contribution in [3.05, 3.63) is 35.4 Å². The van der Waals surface area contributed by atoms with Crippen molar-refractivity contribution in [1.29, 1.82) is 0 Å². The zero-order valence-electron chi connectivity index (χ0n) is 13.9. The second-order valence-corrected chi connectivity index (χ2v) is 7.39. The SMILES string of the molecule is O=C(NC1(Cc2ccc(C(F)(F)F)cc2)CC1)C1(C(F)(F)F)CCCC1. The quantitative estimate of drug-likeness (QED) is 0.732. The molecule has 3 rings (SSSR count). The topological polar surface area (TPSA) is 29.1 Å². The average molecular weight is 379 g/mol. The van der Waals surface area contributed by atoms with E-state index in [0.29, 0.717) is 31.2 Å². The summed E-state index contributed by atoms with van der Waals surface area (Å²) in [7, 11) is 0. The lowest BCUT2D eigenvalue weighted by atomic mass is 9.83. The summed E-state index contributed by atoms with van der Waals surface area (Å²) in [6.45, 7) is 0. The van der Waals surface area contributed by atoms with Crippen molar-refractivity contribution in [3.63, 3.8) is 0 Å². The standard InChI is InChI=1S/C18H19F6NO/c19-17(20,21)13-5-3-12(4-6-13)11-15(9-10-15)25-14(26)16(18(22,23)24)7-1-2-8-16/h3-6H,1-2,7-11H2,(H,25,26). The average Bonchev–Trinajstić information content (AvgIpc) is 3.08. The fourth-order valence-electron chi connectivity index (χ4n) is 3.68. The van der Waals surface area contributed by atoms with Crippen LogP contribution in [0.3, 0.4) is 0 Å². The van der Waals surface area contributed by atoms with Gasteiger partial charge in [-0.05, 0) is 49.8 Å². The largest absolute Gasteiger partial charge is 0.416 e. The van der Waals surface area contributed by atoms with Crippen LogP contribution in [0.25, 0.3) is 0 Å². The van der Waals surface area contributed by atoms with Gasteiger partial charge in [-0.25, -0.2) is 0 Å². The van der Waals surface area contributed by atoms with Gasteiger partial charge in [0.25, 0.3) is 0 Å². The minimum absolute atomic E-state index is 0.210. The van der Waals surface area contributed by atoms with Crippen LogP contribution >= 0.6 is 0 Å². The van der Waals surface area contributed by atoms with Crippen LogP contribution in [0.4, 0.5) is 26.3 Å². The van der Waals surface area contributed by atoms with E-state index in [4.69, 9.17) is 0 Å². The Labute approximate surface area is 147 Å². The van der Waals surface area contributed by atoms with Gasteiger partial charge in [-0.1, -0.05) is 25.0 Å².